The Hall–Kier alpha value is -2.67. The number of benzene rings is 3. The van der Waals surface area contributed by atoms with E-state index < -0.39 is 10.0 Å². The molecule has 0 saturated carbocycles. The van der Waals surface area contributed by atoms with Gasteiger partial charge in [0.1, 0.15) is 5.75 Å². The molecule has 0 amide bonds. The fraction of sp³-hybridized carbons (Fsp3) is 0.217. The quantitative estimate of drug-likeness (QED) is 0.700. The van der Waals surface area contributed by atoms with E-state index in [9.17, 15) is 13.5 Å². The molecule has 5 nitrogen and oxygen atoms in total. The Morgan fingerprint density at radius 1 is 0.862 bits per heavy atom. The third kappa shape index (κ3) is 4.50. The normalized spacial score (nSPS) is 16.6. The van der Waals surface area contributed by atoms with Crippen LogP contribution >= 0.6 is 0 Å². The van der Waals surface area contributed by atoms with Crippen molar-refractivity contribution in [3.63, 3.8) is 0 Å². The molecule has 0 spiro atoms. The van der Waals surface area contributed by atoms with Crippen molar-refractivity contribution in [3.05, 3.63) is 83.3 Å². The van der Waals surface area contributed by atoms with Crippen LogP contribution in [-0.4, -0.2) is 48.9 Å². The van der Waals surface area contributed by atoms with Crippen molar-refractivity contribution in [1.82, 2.24) is 9.21 Å². The van der Waals surface area contributed by atoms with E-state index in [2.05, 4.69) is 4.90 Å². The van der Waals surface area contributed by atoms with Gasteiger partial charge in [0.15, 0.2) is 0 Å². The highest BCUT2D eigenvalue weighted by atomic mass is 32.2. The molecule has 0 atom stereocenters. The van der Waals surface area contributed by atoms with Crippen molar-refractivity contribution >= 4 is 26.9 Å². The molecule has 1 aliphatic heterocycles. The number of aromatic hydroxyl groups is 1. The zero-order valence-corrected chi connectivity index (χ0v) is 16.9. The summed E-state index contributed by atoms with van der Waals surface area (Å²) in [5.74, 6) is 0.282. The molecule has 4 rings (SSSR count). The van der Waals surface area contributed by atoms with Gasteiger partial charge in [-0.3, -0.25) is 4.90 Å². The maximum absolute atomic E-state index is 12.6. The van der Waals surface area contributed by atoms with Crippen LogP contribution in [0.4, 0.5) is 0 Å². The number of hydrogen-bond donors (Lipinski definition) is 1. The molecule has 0 bridgehead atoms. The van der Waals surface area contributed by atoms with Crippen molar-refractivity contribution in [1.29, 1.82) is 0 Å². The van der Waals surface area contributed by atoms with Gasteiger partial charge in [-0.15, -0.1) is 0 Å². The lowest BCUT2D eigenvalue weighted by Crippen LogP contribution is -2.47. The minimum atomic E-state index is -3.44. The average molecular weight is 409 g/mol. The molecule has 1 heterocycles. The molecule has 0 radical (unpaired) electrons. The molecule has 150 valence electrons. The third-order valence-corrected chi connectivity index (χ3v) is 6.89. The second kappa shape index (κ2) is 8.37. The van der Waals surface area contributed by atoms with E-state index in [4.69, 9.17) is 0 Å². The molecule has 1 aliphatic rings. The second-order valence-electron chi connectivity index (χ2n) is 7.22. The molecule has 0 aromatic heterocycles. The van der Waals surface area contributed by atoms with E-state index in [-0.39, 0.29) is 5.75 Å². The maximum Gasteiger partial charge on any atom is 0.236 e. The highest BCUT2D eigenvalue weighted by Crippen LogP contribution is 2.28. The molecule has 1 fully saturated rings. The molecule has 1 N–H and O–H groups in total. The van der Waals surface area contributed by atoms with Crippen LogP contribution in [0.1, 0.15) is 11.1 Å². The zero-order valence-electron chi connectivity index (χ0n) is 16.1. The lowest BCUT2D eigenvalue weighted by atomic mass is 10.0. The first-order chi connectivity index (χ1) is 14.0. The van der Waals surface area contributed by atoms with Crippen LogP contribution in [0.25, 0.3) is 16.8 Å². The standard InChI is InChI=1S/C23H24N2O3S/c26-23-11-10-20-8-4-5-9-21(20)22(23)18-24-13-15-25(16-14-24)29(27,28)17-12-19-6-2-1-3-7-19/h1-12,17,26H,13-16,18H2/b17-12+. The Kier molecular flexibility index (Phi) is 5.67. The minimum Gasteiger partial charge on any atom is -0.508 e. The summed E-state index contributed by atoms with van der Waals surface area (Å²) < 4.78 is 26.8. The van der Waals surface area contributed by atoms with Gasteiger partial charge >= 0.3 is 0 Å². The van der Waals surface area contributed by atoms with Crippen LogP contribution < -0.4 is 0 Å². The minimum absolute atomic E-state index is 0.282. The first-order valence-electron chi connectivity index (χ1n) is 9.68. The maximum atomic E-state index is 12.6. The van der Waals surface area contributed by atoms with E-state index in [1.54, 1.807) is 12.1 Å². The Labute approximate surface area is 171 Å². The van der Waals surface area contributed by atoms with E-state index in [0.29, 0.717) is 32.7 Å². The fourth-order valence-corrected chi connectivity index (χ4v) is 4.84. The van der Waals surface area contributed by atoms with Gasteiger partial charge in [0.05, 0.1) is 0 Å². The third-order valence-electron chi connectivity index (χ3n) is 5.32. The molecule has 29 heavy (non-hydrogen) atoms. The highest BCUT2D eigenvalue weighted by molar-refractivity contribution is 7.92. The first-order valence-corrected chi connectivity index (χ1v) is 11.2. The molecule has 0 aliphatic carbocycles. The molecule has 3 aromatic rings. The van der Waals surface area contributed by atoms with Crippen molar-refractivity contribution in [2.75, 3.05) is 26.2 Å². The highest BCUT2D eigenvalue weighted by Gasteiger charge is 2.25. The summed E-state index contributed by atoms with van der Waals surface area (Å²) in [6.45, 7) is 2.73. The number of fused-ring (bicyclic) bond motifs is 1. The van der Waals surface area contributed by atoms with Gasteiger partial charge in [0, 0.05) is 43.7 Å². The van der Waals surface area contributed by atoms with Crippen LogP contribution in [0, 0.1) is 0 Å². The SMILES string of the molecule is O=S(=O)(/C=C/c1ccccc1)N1CCN(Cc2c(O)ccc3ccccc23)CC1. The van der Waals surface area contributed by atoms with Gasteiger partial charge in [0.2, 0.25) is 10.0 Å². The second-order valence-corrected chi connectivity index (χ2v) is 9.04. The molecule has 3 aromatic carbocycles. The predicted molar refractivity (Wildman–Crippen MR) is 117 cm³/mol. The topological polar surface area (TPSA) is 60.9 Å². The largest absolute Gasteiger partial charge is 0.508 e. The number of sulfonamides is 1. The summed E-state index contributed by atoms with van der Waals surface area (Å²) in [6, 6.07) is 21.1. The van der Waals surface area contributed by atoms with Gasteiger partial charge in [-0.2, -0.15) is 4.31 Å². The number of nitrogens with zero attached hydrogens (tertiary/aromatic N) is 2. The number of piperazine rings is 1. The number of phenols is 1. The number of hydrogen-bond acceptors (Lipinski definition) is 4. The summed E-state index contributed by atoms with van der Waals surface area (Å²) in [4.78, 5) is 2.19. The lowest BCUT2D eigenvalue weighted by molar-refractivity contribution is 0.181. The smallest absolute Gasteiger partial charge is 0.236 e. The van der Waals surface area contributed by atoms with Gasteiger partial charge in [-0.05, 0) is 28.5 Å². The summed E-state index contributed by atoms with van der Waals surface area (Å²) in [6.07, 6.45) is 1.63. The molecule has 6 heteroatoms. The zero-order chi connectivity index (χ0) is 20.3. The van der Waals surface area contributed by atoms with Crippen molar-refractivity contribution < 1.29 is 13.5 Å². The fourth-order valence-electron chi connectivity index (χ4n) is 3.67. The summed E-state index contributed by atoms with van der Waals surface area (Å²) in [5, 5.41) is 13.8. The van der Waals surface area contributed by atoms with Crippen LogP contribution in [-0.2, 0) is 16.6 Å². The first kappa shape index (κ1) is 19.6. The molecule has 1 saturated heterocycles. The van der Waals surface area contributed by atoms with Crippen LogP contribution in [0.2, 0.25) is 0 Å². The van der Waals surface area contributed by atoms with Crippen molar-refractivity contribution in [3.8, 4) is 5.75 Å². The van der Waals surface area contributed by atoms with Crippen LogP contribution in [0.3, 0.4) is 0 Å². The van der Waals surface area contributed by atoms with Gasteiger partial charge in [-0.1, -0.05) is 60.7 Å². The van der Waals surface area contributed by atoms with E-state index >= 15 is 0 Å². The van der Waals surface area contributed by atoms with Gasteiger partial charge in [0.25, 0.3) is 0 Å². The van der Waals surface area contributed by atoms with Crippen molar-refractivity contribution in [2.45, 2.75) is 6.54 Å². The number of phenolic OH excluding ortho intramolecular Hbond substituents is 1. The van der Waals surface area contributed by atoms with Gasteiger partial charge in [-0.25, -0.2) is 8.42 Å². The molecular formula is C23H24N2O3S. The molecule has 0 unspecified atom stereocenters. The van der Waals surface area contributed by atoms with Crippen molar-refractivity contribution in [2.24, 2.45) is 0 Å². The summed E-state index contributed by atoms with van der Waals surface area (Å²) >= 11 is 0. The van der Waals surface area contributed by atoms with Crippen LogP contribution in [0.5, 0.6) is 5.75 Å². The predicted octanol–water partition coefficient (Wildman–Crippen LogP) is 3.66. The summed E-state index contributed by atoms with van der Waals surface area (Å²) in [7, 11) is -3.44. The Bertz CT molecular complexity index is 1120. The summed E-state index contributed by atoms with van der Waals surface area (Å²) in [5.41, 5.74) is 1.75. The Balaban J connectivity index is 1.42. The van der Waals surface area contributed by atoms with E-state index in [1.807, 2.05) is 60.7 Å². The Morgan fingerprint density at radius 3 is 2.31 bits per heavy atom. The van der Waals surface area contributed by atoms with Gasteiger partial charge < -0.3 is 5.11 Å². The van der Waals surface area contributed by atoms with E-state index in [0.717, 1.165) is 21.9 Å². The van der Waals surface area contributed by atoms with Crippen LogP contribution in [0.15, 0.2) is 72.1 Å². The lowest BCUT2D eigenvalue weighted by Gasteiger charge is -2.33. The van der Waals surface area contributed by atoms with E-state index in [1.165, 1.54) is 9.71 Å². The monoisotopic (exact) mass is 408 g/mol. The Morgan fingerprint density at radius 2 is 1.55 bits per heavy atom. The number of rotatable bonds is 5. The molecular weight excluding hydrogens is 384 g/mol. The average Bonchev–Trinajstić information content (AvgIpc) is 2.75.